The first kappa shape index (κ1) is 19.5. The van der Waals surface area contributed by atoms with E-state index in [2.05, 4.69) is 20.7 Å². The topological polar surface area (TPSA) is 71.8 Å². The minimum Gasteiger partial charge on any atom is -0.350 e. The van der Waals surface area contributed by atoms with Crippen molar-refractivity contribution in [1.82, 2.24) is 25.4 Å². The Labute approximate surface area is 168 Å². The van der Waals surface area contributed by atoms with Crippen LogP contribution in [0, 0.1) is 5.92 Å². The van der Waals surface area contributed by atoms with E-state index in [1.165, 1.54) is 0 Å². The quantitative estimate of drug-likeness (QED) is 0.686. The number of rotatable bonds is 5. The van der Waals surface area contributed by atoms with Crippen molar-refractivity contribution in [2.75, 3.05) is 13.1 Å². The Kier molecular flexibility index (Phi) is 6.26. The van der Waals surface area contributed by atoms with E-state index >= 15 is 0 Å². The summed E-state index contributed by atoms with van der Waals surface area (Å²) in [5.41, 5.74) is 3.11. The van der Waals surface area contributed by atoms with Crippen LogP contribution in [0.3, 0.4) is 0 Å². The number of hydrogen-bond acceptors (Lipinski definition) is 5. The minimum absolute atomic E-state index is 0. The second kappa shape index (κ2) is 8.65. The van der Waals surface area contributed by atoms with E-state index in [4.69, 9.17) is 0 Å². The van der Waals surface area contributed by atoms with Gasteiger partial charge in [0.2, 0.25) is 5.91 Å². The molecular weight excluding hydrogens is 382 g/mol. The Morgan fingerprint density at radius 2 is 2.15 bits per heavy atom. The van der Waals surface area contributed by atoms with Crippen molar-refractivity contribution >= 4 is 29.7 Å². The third-order valence-electron chi connectivity index (χ3n) is 4.72. The Morgan fingerprint density at radius 3 is 2.89 bits per heavy atom. The van der Waals surface area contributed by atoms with Crippen molar-refractivity contribution < 1.29 is 4.79 Å². The van der Waals surface area contributed by atoms with Crippen molar-refractivity contribution in [3.8, 4) is 10.6 Å². The van der Waals surface area contributed by atoms with Crippen LogP contribution in [0.5, 0.6) is 0 Å². The molecule has 2 atom stereocenters. The summed E-state index contributed by atoms with van der Waals surface area (Å²) in [4.78, 5) is 17.3. The molecule has 0 bridgehead atoms. The maximum atomic E-state index is 12.7. The van der Waals surface area contributed by atoms with Crippen LogP contribution in [0.25, 0.3) is 10.6 Å². The van der Waals surface area contributed by atoms with Gasteiger partial charge < -0.3 is 10.6 Å². The molecule has 1 aliphatic heterocycles. The average molecular weight is 404 g/mol. The summed E-state index contributed by atoms with van der Waals surface area (Å²) in [6, 6.07) is 10.1. The van der Waals surface area contributed by atoms with Crippen LogP contribution in [0.15, 0.2) is 48.1 Å². The number of aromatic nitrogens is 3. The molecule has 0 saturated carbocycles. The average Bonchev–Trinajstić information content (AvgIpc) is 3.40. The zero-order chi connectivity index (χ0) is 17.9. The molecule has 1 saturated heterocycles. The van der Waals surface area contributed by atoms with Crippen molar-refractivity contribution in [3.05, 3.63) is 59.4 Å². The summed E-state index contributed by atoms with van der Waals surface area (Å²) in [5.74, 6) is 0.156. The Morgan fingerprint density at radius 1 is 1.33 bits per heavy atom. The number of thiazole rings is 1. The van der Waals surface area contributed by atoms with E-state index < -0.39 is 0 Å². The number of nitrogens with one attached hydrogen (secondary N) is 2. The van der Waals surface area contributed by atoms with Gasteiger partial charge in [-0.05, 0) is 5.56 Å². The molecular formula is C19H22ClN5OS. The number of halogens is 1. The molecule has 1 aromatic carbocycles. The maximum absolute atomic E-state index is 12.7. The number of carbonyl (C=O) groups excluding carboxylic acids is 1. The van der Waals surface area contributed by atoms with Gasteiger partial charge in [-0.1, -0.05) is 30.3 Å². The van der Waals surface area contributed by atoms with Gasteiger partial charge in [-0.25, -0.2) is 4.98 Å². The summed E-state index contributed by atoms with van der Waals surface area (Å²) in [6.07, 6.45) is 3.84. The van der Waals surface area contributed by atoms with Crippen molar-refractivity contribution in [2.45, 2.75) is 12.5 Å². The van der Waals surface area contributed by atoms with Crippen LogP contribution in [0.1, 0.15) is 17.2 Å². The fourth-order valence-electron chi connectivity index (χ4n) is 3.35. The lowest BCUT2D eigenvalue weighted by molar-refractivity contribution is -0.125. The molecule has 4 rings (SSSR count). The molecule has 2 N–H and O–H groups in total. The molecule has 1 aliphatic rings. The second-order valence-electron chi connectivity index (χ2n) is 6.55. The maximum Gasteiger partial charge on any atom is 0.225 e. The van der Waals surface area contributed by atoms with Gasteiger partial charge in [0.1, 0.15) is 5.01 Å². The molecule has 8 heteroatoms. The van der Waals surface area contributed by atoms with Crippen molar-refractivity contribution in [1.29, 1.82) is 0 Å². The normalized spacial score (nSPS) is 18.9. The number of benzene rings is 1. The second-order valence-corrected chi connectivity index (χ2v) is 7.40. The molecule has 3 aromatic rings. The molecule has 1 amide bonds. The highest BCUT2D eigenvalue weighted by atomic mass is 35.5. The van der Waals surface area contributed by atoms with Crippen molar-refractivity contribution in [2.24, 2.45) is 13.0 Å². The highest BCUT2D eigenvalue weighted by Crippen LogP contribution is 2.28. The number of carbonyl (C=O) groups is 1. The molecule has 6 nitrogen and oxygen atoms in total. The predicted molar refractivity (Wildman–Crippen MR) is 109 cm³/mol. The SMILES string of the molecule is Cl.Cn1cc([C@H]2CNC[C@@H]2C(=O)NCc2csc(-c3ccccc3)n2)cn1. The summed E-state index contributed by atoms with van der Waals surface area (Å²) in [7, 11) is 1.90. The summed E-state index contributed by atoms with van der Waals surface area (Å²) >= 11 is 1.60. The molecule has 1 fully saturated rings. The first-order valence-corrected chi connectivity index (χ1v) is 9.55. The molecule has 27 heavy (non-hydrogen) atoms. The van der Waals surface area contributed by atoms with Crippen LogP contribution in [-0.2, 0) is 18.4 Å². The summed E-state index contributed by atoms with van der Waals surface area (Å²) < 4.78 is 1.78. The smallest absolute Gasteiger partial charge is 0.225 e. The van der Waals surface area contributed by atoms with Gasteiger partial charge in [-0.2, -0.15) is 5.10 Å². The molecule has 3 heterocycles. The lowest BCUT2D eigenvalue weighted by Gasteiger charge is -2.16. The number of nitrogens with zero attached hydrogens (tertiary/aromatic N) is 3. The zero-order valence-electron chi connectivity index (χ0n) is 15.0. The lowest BCUT2D eigenvalue weighted by atomic mass is 9.90. The van der Waals surface area contributed by atoms with Crippen LogP contribution in [0.4, 0.5) is 0 Å². The van der Waals surface area contributed by atoms with E-state index in [-0.39, 0.29) is 30.2 Å². The molecule has 0 aliphatic carbocycles. The number of amides is 1. The van der Waals surface area contributed by atoms with Crippen LogP contribution < -0.4 is 10.6 Å². The summed E-state index contributed by atoms with van der Waals surface area (Å²) in [6.45, 7) is 1.95. The Bertz CT molecular complexity index is 894. The van der Waals surface area contributed by atoms with Gasteiger partial charge in [-0.15, -0.1) is 23.7 Å². The number of aryl methyl sites for hydroxylation is 1. The Balaban J connectivity index is 0.00000210. The molecule has 2 aromatic heterocycles. The monoisotopic (exact) mass is 403 g/mol. The van der Waals surface area contributed by atoms with Gasteiger partial charge in [0.05, 0.1) is 24.4 Å². The fourth-order valence-corrected chi connectivity index (χ4v) is 4.17. The molecule has 0 radical (unpaired) electrons. The van der Waals surface area contributed by atoms with E-state index in [9.17, 15) is 4.79 Å². The summed E-state index contributed by atoms with van der Waals surface area (Å²) in [5, 5.41) is 13.6. The van der Waals surface area contributed by atoms with Crippen LogP contribution in [-0.4, -0.2) is 33.8 Å². The van der Waals surface area contributed by atoms with Crippen LogP contribution >= 0.6 is 23.7 Å². The van der Waals surface area contributed by atoms with E-state index in [1.54, 1.807) is 16.0 Å². The first-order chi connectivity index (χ1) is 12.7. The standard InChI is InChI=1S/C19H21N5OS.ClH/c1-24-11-14(7-22-24)16-9-20-10-17(16)18(25)21-8-15-12-26-19(23-15)13-5-3-2-4-6-13;/h2-7,11-12,16-17,20H,8-10H2,1H3,(H,21,25);1H/t16-,17+;/m1./s1. The largest absolute Gasteiger partial charge is 0.350 e. The zero-order valence-corrected chi connectivity index (χ0v) is 16.6. The van der Waals surface area contributed by atoms with Crippen LogP contribution in [0.2, 0.25) is 0 Å². The molecule has 142 valence electrons. The minimum atomic E-state index is -0.0774. The third-order valence-corrected chi connectivity index (χ3v) is 5.66. The van der Waals surface area contributed by atoms with Gasteiger partial charge in [-0.3, -0.25) is 9.48 Å². The predicted octanol–water partition coefficient (Wildman–Crippen LogP) is 2.58. The third kappa shape index (κ3) is 4.37. The van der Waals surface area contributed by atoms with Crippen molar-refractivity contribution in [3.63, 3.8) is 0 Å². The van der Waals surface area contributed by atoms with Gasteiger partial charge in [0, 0.05) is 43.2 Å². The van der Waals surface area contributed by atoms with E-state index in [0.29, 0.717) is 13.1 Å². The van der Waals surface area contributed by atoms with Gasteiger partial charge in [0.25, 0.3) is 0 Å². The lowest BCUT2D eigenvalue weighted by Crippen LogP contribution is -2.34. The Hall–Kier alpha value is -2.22. The highest BCUT2D eigenvalue weighted by Gasteiger charge is 2.34. The van der Waals surface area contributed by atoms with E-state index in [0.717, 1.165) is 28.4 Å². The fraction of sp³-hybridized carbons (Fsp3) is 0.316. The van der Waals surface area contributed by atoms with Gasteiger partial charge in [0.15, 0.2) is 0 Å². The van der Waals surface area contributed by atoms with Gasteiger partial charge >= 0.3 is 0 Å². The molecule has 0 unspecified atom stereocenters. The molecule has 0 spiro atoms. The highest BCUT2D eigenvalue weighted by molar-refractivity contribution is 7.13. The van der Waals surface area contributed by atoms with E-state index in [1.807, 2.05) is 55.2 Å². The first-order valence-electron chi connectivity index (χ1n) is 8.67. The number of hydrogen-bond donors (Lipinski definition) is 2.